The average molecular weight is 264 g/mol. The van der Waals surface area contributed by atoms with Crippen LogP contribution in [0.15, 0.2) is 12.1 Å². The molecule has 0 aliphatic carbocycles. The zero-order valence-corrected chi connectivity index (χ0v) is 13.0. The monoisotopic (exact) mass is 264 g/mol. The maximum Gasteiger partial charge on any atom is 0.125 e. The van der Waals surface area contributed by atoms with Crippen LogP contribution in [0, 0.1) is 13.8 Å². The van der Waals surface area contributed by atoms with Gasteiger partial charge in [-0.15, -0.1) is 0 Å². The summed E-state index contributed by atoms with van der Waals surface area (Å²) in [6, 6.07) is 4.41. The number of hydrogen-bond donors (Lipinski definition) is 1. The van der Waals surface area contributed by atoms with Gasteiger partial charge in [-0.2, -0.15) is 0 Å². The van der Waals surface area contributed by atoms with Crippen molar-refractivity contribution < 1.29 is 4.74 Å². The number of hydrogen-bond acceptors (Lipinski definition) is 3. The quantitative estimate of drug-likeness (QED) is 0.781. The molecule has 0 radical (unpaired) electrons. The molecule has 0 spiro atoms. The molecular weight excluding hydrogens is 236 g/mol. The van der Waals surface area contributed by atoms with Gasteiger partial charge in [0.15, 0.2) is 0 Å². The molecule has 1 aromatic carbocycles. The Bertz CT molecular complexity index is 363. The van der Waals surface area contributed by atoms with E-state index in [1.807, 2.05) is 7.05 Å². The highest BCUT2D eigenvalue weighted by Crippen LogP contribution is 2.24. The first kappa shape index (κ1) is 16.0. The second kappa shape index (κ2) is 8.18. The number of rotatable bonds is 8. The molecule has 0 saturated carbocycles. The second-order valence-corrected chi connectivity index (χ2v) is 4.96. The number of aryl methyl sites for hydroxylation is 2. The van der Waals surface area contributed by atoms with Gasteiger partial charge in [0.05, 0.1) is 0 Å². The summed E-state index contributed by atoms with van der Waals surface area (Å²) in [5.41, 5.74) is 3.77. The molecule has 3 heteroatoms. The summed E-state index contributed by atoms with van der Waals surface area (Å²) in [5.74, 6) is 1.05. The molecule has 0 bridgehead atoms. The molecule has 1 aromatic rings. The molecule has 0 aromatic heterocycles. The predicted octanol–water partition coefficient (Wildman–Crippen LogP) is 2.74. The summed E-state index contributed by atoms with van der Waals surface area (Å²) in [6.45, 7) is 13.4. The average Bonchev–Trinajstić information content (AvgIpc) is 2.38. The third-order valence-electron chi connectivity index (χ3n) is 3.45. The Morgan fingerprint density at radius 1 is 1.11 bits per heavy atom. The van der Waals surface area contributed by atoms with Gasteiger partial charge in [0.2, 0.25) is 0 Å². The van der Waals surface area contributed by atoms with Crippen molar-refractivity contribution in [2.45, 2.75) is 34.2 Å². The Balaban J connectivity index is 2.63. The van der Waals surface area contributed by atoms with E-state index in [4.69, 9.17) is 4.74 Å². The zero-order valence-electron chi connectivity index (χ0n) is 13.0. The van der Waals surface area contributed by atoms with Crippen LogP contribution in [0.3, 0.4) is 0 Å². The summed E-state index contributed by atoms with van der Waals surface area (Å²) in [6.07, 6.45) is 0. The van der Waals surface area contributed by atoms with E-state index < -0.39 is 0 Å². The minimum Gasteiger partial charge on any atom is -0.492 e. The molecule has 3 nitrogen and oxygen atoms in total. The van der Waals surface area contributed by atoms with Crippen molar-refractivity contribution in [1.82, 2.24) is 10.2 Å². The van der Waals surface area contributed by atoms with Gasteiger partial charge in [-0.05, 0) is 50.7 Å². The molecule has 19 heavy (non-hydrogen) atoms. The van der Waals surface area contributed by atoms with Crippen LogP contribution in [0.5, 0.6) is 5.75 Å². The summed E-state index contributed by atoms with van der Waals surface area (Å²) in [7, 11) is 1.97. The molecule has 0 aliphatic rings. The van der Waals surface area contributed by atoms with Crippen molar-refractivity contribution in [1.29, 1.82) is 0 Å². The fourth-order valence-corrected chi connectivity index (χ4v) is 2.39. The van der Waals surface area contributed by atoms with Crippen molar-refractivity contribution in [2.75, 3.05) is 33.3 Å². The van der Waals surface area contributed by atoms with Crippen LogP contribution in [-0.2, 0) is 6.54 Å². The molecule has 1 N–H and O–H groups in total. The lowest BCUT2D eigenvalue weighted by atomic mass is 10.1. The van der Waals surface area contributed by atoms with E-state index in [1.165, 1.54) is 16.7 Å². The summed E-state index contributed by atoms with van der Waals surface area (Å²) in [5, 5.41) is 3.18. The normalized spacial score (nSPS) is 11.1. The molecule has 0 saturated heterocycles. The van der Waals surface area contributed by atoms with Crippen LogP contribution < -0.4 is 10.1 Å². The van der Waals surface area contributed by atoms with Gasteiger partial charge in [0.1, 0.15) is 12.4 Å². The lowest BCUT2D eigenvalue weighted by Crippen LogP contribution is -2.28. The molecule has 0 amide bonds. The van der Waals surface area contributed by atoms with Crippen molar-refractivity contribution in [3.05, 3.63) is 28.8 Å². The van der Waals surface area contributed by atoms with Crippen LogP contribution in [0.25, 0.3) is 0 Å². The summed E-state index contributed by atoms with van der Waals surface area (Å²) >= 11 is 0. The summed E-state index contributed by atoms with van der Waals surface area (Å²) in [4.78, 5) is 2.38. The largest absolute Gasteiger partial charge is 0.492 e. The third-order valence-corrected chi connectivity index (χ3v) is 3.45. The van der Waals surface area contributed by atoms with E-state index in [1.54, 1.807) is 0 Å². The maximum atomic E-state index is 5.97. The van der Waals surface area contributed by atoms with E-state index in [9.17, 15) is 0 Å². The highest BCUT2D eigenvalue weighted by Gasteiger charge is 2.07. The maximum absolute atomic E-state index is 5.97. The molecule has 0 heterocycles. The number of likely N-dealkylation sites (N-methyl/N-ethyl adjacent to an activating group) is 1. The minimum absolute atomic E-state index is 0.759. The first-order valence-electron chi connectivity index (χ1n) is 7.22. The van der Waals surface area contributed by atoms with Crippen LogP contribution in [0.1, 0.15) is 30.5 Å². The van der Waals surface area contributed by atoms with E-state index >= 15 is 0 Å². The van der Waals surface area contributed by atoms with Gasteiger partial charge in [-0.25, -0.2) is 0 Å². The van der Waals surface area contributed by atoms with Gasteiger partial charge in [-0.1, -0.05) is 26.0 Å². The van der Waals surface area contributed by atoms with E-state index in [0.717, 1.165) is 38.5 Å². The molecule has 0 aliphatic heterocycles. The van der Waals surface area contributed by atoms with Crippen LogP contribution in [-0.4, -0.2) is 38.2 Å². The first-order valence-corrected chi connectivity index (χ1v) is 7.22. The van der Waals surface area contributed by atoms with Crippen molar-refractivity contribution >= 4 is 0 Å². The molecular formula is C16H28N2O. The Kier molecular flexibility index (Phi) is 6.89. The molecule has 0 fully saturated rings. The van der Waals surface area contributed by atoms with Gasteiger partial charge >= 0.3 is 0 Å². The van der Waals surface area contributed by atoms with Crippen molar-refractivity contribution in [3.63, 3.8) is 0 Å². The zero-order chi connectivity index (χ0) is 14.3. The molecule has 108 valence electrons. The highest BCUT2D eigenvalue weighted by atomic mass is 16.5. The smallest absolute Gasteiger partial charge is 0.125 e. The Hall–Kier alpha value is -1.06. The Labute approximate surface area is 118 Å². The topological polar surface area (TPSA) is 24.5 Å². The van der Waals surface area contributed by atoms with Crippen LogP contribution >= 0.6 is 0 Å². The molecule has 0 atom stereocenters. The van der Waals surface area contributed by atoms with Gasteiger partial charge in [0, 0.05) is 13.1 Å². The van der Waals surface area contributed by atoms with Crippen LogP contribution in [0.2, 0.25) is 0 Å². The van der Waals surface area contributed by atoms with Gasteiger partial charge < -0.3 is 15.0 Å². The summed E-state index contributed by atoms with van der Waals surface area (Å²) < 4.78 is 5.97. The van der Waals surface area contributed by atoms with Crippen LogP contribution in [0.4, 0.5) is 0 Å². The predicted molar refractivity (Wildman–Crippen MR) is 82.0 cm³/mol. The van der Waals surface area contributed by atoms with Crippen molar-refractivity contribution in [2.24, 2.45) is 0 Å². The third kappa shape index (κ3) is 4.84. The second-order valence-electron chi connectivity index (χ2n) is 4.96. The van der Waals surface area contributed by atoms with Gasteiger partial charge in [-0.3, -0.25) is 0 Å². The first-order chi connectivity index (χ1) is 9.12. The number of benzene rings is 1. The number of nitrogens with one attached hydrogen (secondary N) is 1. The SMILES string of the molecule is CCN(CC)CCOc1c(C)cc(CNC)cc1C. The number of nitrogens with zero attached hydrogens (tertiary/aromatic N) is 1. The molecule has 1 rings (SSSR count). The lowest BCUT2D eigenvalue weighted by molar-refractivity contribution is 0.221. The lowest BCUT2D eigenvalue weighted by Gasteiger charge is -2.19. The fraction of sp³-hybridized carbons (Fsp3) is 0.625. The van der Waals surface area contributed by atoms with Crippen molar-refractivity contribution in [3.8, 4) is 5.75 Å². The standard InChI is InChI=1S/C16H28N2O/c1-6-18(7-2)8-9-19-16-13(3)10-15(12-17-5)11-14(16)4/h10-11,17H,6-9,12H2,1-5H3. The van der Waals surface area contributed by atoms with E-state index in [2.05, 4.69) is 50.0 Å². The van der Waals surface area contributed by atoms with Gasteiger partial charge in [0.25, 0.3) is 0 Å². The Morgan fingerprint density at radius 2 is 1.68 bits per heavy atom. The fourth-order valence-electron chi connectivity index (χ4n) is 2.39. The number of ether oxygens (including phenoxy) is 1. The highest BCUT2D eigenvalue weighted by molar-refractivity contribution is 5.43. The Morgan fingerprint density at radius 3 is 2.16 bits per heavy atom. The molecule has 0 unspecified atom stereocenters. The van der Waals surface area contributed by atoms with E-state index in [-0.39, 0.29) is 0 Å². The van der Waals surface area contributed by atoms with E-state index in [0.29, 0.717) is 0 Å². The minimum atomic E-state index is 0.759.